The molecule has 0 spiro atoms. The molecular formula is C17H31NO2. The largest absolute Gasteiger partial charge is 0.481 e. The van der Waals surface area contributed by atoms with Crippen LogP contribution >= 0.6 is 0 Å². The molecule has 1 saturated heterocycles. The van der Waals surface area contributed by atoms with Crippen LogP contribution in [0, 0.1) is 17.3 Å². The molecule has 0 aromatic heterocycles. The zero-order valence-electron chi connectivity index (χ0n) is 13.4. The second-order valence-corrected chi connectivity index (χ2v) is 7.60. The average molecular weight is 281 g/mol. The average Bonchev–Trinajstić information content (AvgIpc) is 2.86. The first kappa shape index (κ1) is 15.8. The van der Waals surface area contributed by atoms with Crippen molar-refractivity contribution in [3.8, 4) is 0 Å². The number of nitrogens with zero attached hydrogens (tertiary/aromatic N) is 1. The van der Waals surface area contributed by atoms with E-state index in [4.69, 9.17) is 5.11 Å². The van der Waals surface area contributed by atoms with E-state index in [9.17, 15) is 4.79 Å². The molecular weight excluding hydrogens is 250 g/mol. The minimum atomic E-state index is -0.634. The van der Waals surface area contributed by atoms with Gasteiger partial charge in [0.05, 0.1) is 0 Å². The van der Waals surface area contributed by atoms with Crippen molar-refractivity contribution in [3.05, 3.63) is 0 Å². The lowest BCUT2D eigenvalue weighted by Crippen LogP contribution is -2.39. The van der Waals surface area contributed by atoms with Crippen LogP contribution in [0.1, 0.15) is 65.7 Å². The van der Waals surface area contributed by atoms with Gasteiger partial charge < -0.3 is 10.0 Å². The van der Waals surface area contributed by atoms with E-state index in [1.807, 2.05) is 0 Å². The number of likely N-dealkylation sites (tertiary alicyclic amines) is 1. The summed E-state index contributed by atoms with van der Waals surface area (Å²) in [5, 5.41) is 8.90. The summed E-state index contributed by atoms with van der Waals surface area (Å²) in [4.78, 5) is 13.4. The molecule has 20 heavy (non-hydrogen) atoms. The number of hydrogen-bond donors (Lipinski definition) is 1. The summed E-state index contributed by atoms with van der Waals surface area (Å²) in [7, 11) is 0. The fourth-order valence-electron chi connectivity index (χ4n) is 4.12. The molecule has 1 aliphatic carbocycles. The molecule has 1 N–H and O–H groups in total. The molecule has 1 heterocycles. The van der Waals surface area contributed by atoms with Crippen molar-refractivity contribution >= 4 is 5.97 Å². The molecule has 1 atom stereocenters. The standard InChI is InChI=1S/C17H31NO2/c1-4-17(2,3)14-5-7-15(8-6-14)18-10-9-13(12-18)11-16(19)20/h13-15H,4-12H2,1-3H3,(H,19,20). The highest BCUT2D eigenvalue weighted by Gasteiger charge is 2.35. The second kappa shape index (κ2) is 6.46. The third-order valence-corrected chi connectivity index (χ3v) is 6.01. The summed E-state index contributed by atoms with van der Waals surface area (Å²) in [5.74, 6) is 0.628. The fourth-order valence-corrected chi connectivity index (χ4v) is 4.12. The Balaban J connectivity index is 1.79. The molecule has 2 fully saturated rings. The van der Waals surface area contributed by atoms with Gasteiger partial charge in [-0.2, -0.15) is 0 Å². The van der Waals surface area contributed by atoms with Gasteiger partial charge in [-0.15, -0.1) is 0 Å². The molecule has 116 valence electrons. The molecule has 0 radical (unpaired) electrons. The Bertz CT molecular complexity index is 332. The van der Waals surface area contributed by atoms with E-state index in [1.165, 1.54) is 32.1 Å². The van der Waals surface area contributed by atoms with Gasteiger partial charge in [0.25, 0.3) is 0 Å². The fraction of sp³-hybridized carbons (Fsp3) is 0.941. The molecule has 0 aromatic rings. The minimum Gasteiger partial charge on any atom is -0.481 e. The summed E-state index contributed by atoms with van der Waals surface area (Å²) in [5.41, 5.74) is 0.488. The van der Waals surface area contributed by atoms with Crippen LogP contribution in [0.25, 0.3) is 0 Å². The minimum absolute atomic E-state index is 0.356. The summed E-state index contributed by atoms with van der Waals surface area (Å²) in [6.45, 7) is 9.26. The van der Waals surface area contributed by atoms with E-state index < -0.39 is 5.97 Å². The Kier molecular flexibility index (Phi) is 5.11. The molecule has 0 aromatic carbocycles. The summed E-state index contributed by atoms with van der Waals surface area (Å²) in [6, 6.07) is 0.720. The maximum atomic E-state index is 10.8. The predicted molar refractivity (Wildman–Crippen MR) is 81.8 cm³/mol. The maximum Gasteiger partial charge on any atom is 0.303 e. The Hall–Kier alpha value is -0.570. The Morgan fingerprint density at radius 1 is 1.20 bits per heavy atom. The van der Waals surface area contributed by atoms with Gasteiger partial charge in [-0.25, -0.2) is 0 Å². The predicted octanol–water partition coefficient (Wildman–Crippen LogP) is 3.78. The van der Waals surface area contributed by atoms with Gasteiger partial charge in [0.15, 0.2) is 0 Å². The zero-order valence-corrected chi connectivity index (χ0v) is 13.4. The molecule has 2 rings (SSSR count). The highest BCUT2D eigenvalue weighted by Crippen LogP contribution is 2.42. The van der Waals surface area contributed by atoms with Crippen molar-refractivity contribution in [3.63, 3.8) is 0 Å². The molecule has 1 aliphatic heterocycles. The van der Waals surface area contributed by atoms with Gasteiger partial charge in [0.2, 0.25) is 0 Å². The van der Waals surface area contributed by atoms with Crippen LogP contribution < -0.4 is 0 Å². The Labute approximate surface area is 123 Å². The molecule has 2 aliphatic rings. The SMILES string of the molecule is CCC(C)(C)C1CCC(N2CCC(CC(=O)O)C2)CC1. The van der Waals surface area contributed by atoms with Crippen LogP contribution in [0.5, 0.6) is 0 Å². The molecule has 3 nitrogen and oxygen atoms in total. The first-order valence-electron chi connectivity index (χ1n) is 8.38. The monoisotopic (exact) mass is 281 g/mol. The van der Waals surface area contributed by atoms with Crippen molar-refractivity contribution in [2.45, 2.75) is 71.8 Å². The number of aliphatic carboxylic acids is 1. The number of hydrogen-bond acceptors (Lipinski definition) is 2. The highest BCUT2D eigenvalue weighted by molar-refractivity contribution is 5.67. The topological polar surface area (TPSA) is 40.5 Å². The Morgan fingerprint density at radius 2 is 1.85 bits per heavy atom. The molecule has 1 unspecified atom stereocenters. The van der Waals surface area contributed by atoms with Gasteiger partial charge in [-0.05, 0) is 55.9 Å². The molecule has 0 amide bonds. The first-order valence-corrected chi connectivity index (χ1v) is 8.38. The van der Waals surface area contributed by atoms with E-state index in [0.29, 0.717) is 17.8 Å². The summed E-state index contributed by atoms with van der Waals surface area (Å²) < 4.78 is 0. The van der Waals surface area contributed by atoms with Crippen LogP contribution in [-0.4, -0.2) is 35.1 Å². The number of carboxylic acids is 1. The summed E-state index contributed by atoms with van der Waals surface area (Å²) in [6.07, 6.45) is 8.03. The second-order valence-electron chi connectivity index (χ2n) is 7.60. The van der Waals surface area contributed by atoms with Gasteiger partial charge in [-0.3, -0.25) is 4.79 Å². The van der Waals surface area contributed by atoms with Crippen molar-refractivity contribution in [2.75, 3.05) is 13.1 Å². The lowest BCUT2D eigenvalue weighted by atomic mass is 9.68. The maximum absolute atomic E-state index is 10.8. The van der Waals surface area contributed by atoms with Crippen molar-refractivity contribution in [1.82, 2.24) is 4.90 Å². The molecule has 1 saturated carbocycles. The first-order chi connectivity index (χ1) is 9.42. The molecule has 0 bridgehead atoms. The number of carboxylic acid groups (broad SMARTS) is 1. The van der Waals surface area contributed by atoms with Crippen LogP contribution in [0.4, 0.5) is 0 Å². The number of carbonyl (C=O) groups is 1. The van der Waals surface area contributed by atoms with E-state index in [-0.39, 0.29) is 0 Å². The van der Waals surface area contributed by atoms with Crippen LogP contribution in [-0.2, 0) is 4.79 Å². The van der Waals surface area contributed by atoms with Crippen molar-refractivity contribution < 1.29 is 9.90 Å². The quantitative estimate of drug-likeness (QED) is 0.833. The third kappa shape index (κ3) is 3.75. The summed E-state index contributed by atoms with van der Waals surface area (Å²) >= 11 is 0. The van der Waals surface area contributed by atoms with Gasteiger partial charge in [-0.1, -0.05) is 27.2 Å². The highest BCUT2D eigenvalue weighted by atomic mass is 16.4. The zero-order chi connectivity index (χ0) is 14.8. The van der Waals surface area contributed by atoms with Crippen LogP contribution in [0.3, 0.4) is 0 Å². The smallest absolute Gasteiger partial charge is 0.303 e. The van der Waals surface area contributed by atoms with Crippen molar-refractivity contribution in [2.24, 2.45) is 17.3 Å². The van der Waals surface area contributed by atoms with Crippen molar-refractivity contribution in [1.29, 1.82) is 0 Å². The molecule has 3 heteroatoms. The third-order valence-electron chi connectivity index (χ3n) is 6.01. The van der Waals surface area contributed by atoms with Gasteiger partial charge in [0, 0.05) is 19.0 Å². The lowest BCUT2D eigenvalue weighted by molar-refractivity contribution is -0.138. The van der Waals surface area contributed by atoms with E-state index >= 15 is 0 Å². The van der Waals surface area contributed by atoms with Crippen LogP contribution in [0.2, 0.25) is 0 Å². The van der Waals surface area contributed by atoms with Gasteiger partial charge in [0.1, 0.15) is 0 Å². The van der Waals surface area contributed by atoms with E-state index in [0.717, 1.165) is 31.5 Å². The van der Waals surface area contributed by atoms with E-state index in [1.54, 1.807) is 0 Å². The van der Waals surface area contributed by atoms with E-state index in [2.05, 4.69) is 25.7 Å². The van der Waals surface area contributed by atoms with Gasteiger partial charge >= 0.3 is 5.97 Å². The Morgan fingerprint density at radius 3 is 2.40 bits per heavy atom. The lowest BCUT2D eigenvalue weighted by Gasteiger charge is -2.41. The normalized spacial score (nSPS) is 32.5. The van der Waals surface area contributed by atoms with Crippen LogP contribution in [0.15, 0.2) is 0 Å². The number of rotatable bonds is 5.